The fourth-order valence-corrected chi connectivity index (χ4v) is 4.57. The predicted octanol–water partition coefficient (Wildman–Crippen LogP) is 2.24. The van der Waals surface area contributed by atoms with Crippen molar-refractivity contribution in [2.24, 2.45) is 0 Å². The molecule has 1 atom stereocenters. The van der Waals surface area contributed by atoms with E-state index in [9.17, 15) is 4.79 Å². The lowest BCUT2D eigenvalue weighted by Crippen LogP contribution is -2.60. The first-order valence-electron chi connectivity index (χ1n) is 6.56. The Labute approximate surface area is 117 Å². The van der Waals surface area contributed by atoms with Crippen molar-refractivity contribution in [1.29, 1.82) is 0 Å². The number of ether oxygens (including phenoxy) is 1. The van der Waals surface area contributed by atoms with Gasteiger partial charge in [0.05, 0.1) is 16.4 Å². The van der Waals surface area contributed by atoms with Crippen LogP contribution in [0.25, 0.3) is 0 Å². The monoisotopic (exact) mass is 281 g/mol. The first-order valence-corrected chi connectivity index (χ1v) is 7.55. The van der Waals surface area contributed by atoms with E-state index >= 15 is 0 Å². The standard InChI is InChI=1S/C14H19NO3S/c1-9-4-12(10(2)18-9)13(16)15-7-14(8-15)5-11(17-3)6-19-14/h4,11H,5-8H2,1-3H3/t11-/m0/s1. The van der Waals surface area contributed by atoms with Gasteiger partial charge in [-0.15, -0.1) is 11.8 Å². The third-order valence-corrected chi connectivity index (χ3v) is 5.60. The topological polar surface area (TPSA) is 42.7 Å². The lowest BCUT2D eigenvalue weighted by molar-refractivity contribution is 0.0450. The number of amides is 1. The van der Waals surface area contributed by atoms with Crippen LogP contribution in [0.1, 0.15) is 28.3 Å². The van der Waals surface area contributed by atoms with E-state index in [1.807, 2.05) is 36.6 Å². The molecule has 1 amide bonds. The zero-order valence-corrected chi connectivity index (χ0v) is 12.4. The van der Waals surface area contributed by atoms with E-state index in [-0.39, 0.29) is 10.7 Å². The van der Waals surface area contributed by atoms with Crippen molar-refractivity contribution in [2.75, 3.05) is 26.0 Å². The molecule has 0 aliphatic carbocycles. The molecule has 0 aromatic carbocycles. The molecule has 1 spiro atoms. The average molecular weight is 281 g/mol. The smallest absolute Gasteiger partial charge is 0.257 e. The minimum Gasteiger partial charge on any atom is -0.466 e. The predicted molar refractivity (Wildman–Crippen MR) is 74.7 cm³/mol. The van der Waals surface area contributed by atoms with Crippen molar-refractivity contribution in [3.8, 4) is 0 Å². The molecule has 2 aliphatic rings. The van der Waals surface area contributed by atoms with Crippen molar-refractivity contribution in [3.05, 3.63) is 23.2 Å². The highest BCUT2D eigenvalue weighted by molar-refractivity contribution is 8.01. The summed E-state index contributed by atoms with van der Waals surface area (Å²) < 4.78 is 11.1. The fourth-order valence-electron chi connectivity index (χ4n) is 2.98. The van der Waals surface area contributed by atoms with E-state index in [0.29, 0.717) is 11.7 Å². The number of nitrogens with zero attached hydrogens (tertiary/aromatic N) is 1. The van der Waals surface area contributed by atoms with Crippen molar-refractivity contribution in [2.45, 2.75) is 31.1 Å². The van der Waals surface area contributed by atoms with Crippen LogP contribution in [-0.4, -0.2) is 47.6 Å². The van der Waals surface area contributed by atoms with Crippen LogP contribution in [0.5, 0.6) is 0 Å². The Morgan fingerprint density at radius 3 is 2.79 bits per heavy atom. The van der Waals surface area contributed by atoms with Gasteiger partial charge >= 0.3 is 0 Å². The lowest BCUT2D eigenvalue weighted by Gasteiger charge is -2.47. The molecule has 4 nitrogen and oxygen atoms in total. The number of carbonyl (C=O) groups is 1. The van der Waals surface area contributed by atoms with E-state index in [1.54, 1.807) is 7.11 Å². The minimum atomic E-state index is 0.0986. The summed E-state index contributed by atoms with van der Waals surface area (Å²) >= 11 is 1.95. The zero-order chi connectivity index (χ0) is 13.6. The number of methoxy groups -OCH3 is 1. The van der Waals surface area contributed by atoms with Gasteiger partial charge in [-0.1, -0.05) is 0 Å². The van der Waals surface area contributed by atoms with Gasteiger partial charge < -0.3 is 14.1 Å². The number of thioether (sulfide) groups is 1. The normalized spacial score (nSPS) is 24.8. The second-order valence-electron chi connectivity index (χ2n) is 5.54. The van der Waals surface area contributed by atoms with Gasteiger partial charge in [-0.2, -0.15) is 0 Å². The molecule has 3 heterocycles. The largest absolute Gasteiger partial charge is 0.466 e. The first-order chi connectivity index (χ1) is 9.03. The van der Waals surface area contributed by atoms with Gasteiger partial charge in [0.15, 0.2) is 0 Å². The zero-order valence-electron chi connectivity index (χ0n) is 11.6. The highest BCUT2D eigenvalue weighted by Gasteiger charge is 2.51. The summed E-state index contributed by atoms with van der Waals surface area (Å²) in [5.74, 6) is 2.66. The van der Waals surface area contributed by atoms with Crippen LogP contribution >= 0.6 is 11.8 Å². The van der Waals surface area contributed by atoms with Crippen LogP contribution in [0.2, 0.25) is 0 Å². The van der Waals surface area contributed by atoms with E-state index < -0.39 is 0 Å². The molecule has 0 N–H and O–H groups in total. The molecular weight excluding hydrogens is 262 g/mol. The lowest BCUT2D eigenvalue weighted by atomic mass is 9.92. The number of likely N-dealkylation sites (tertiary alicyclic amines) is 1. The molecule has 19 heavy (non-hydrogen) atoms. The Balaban J connectivity index is 1.65. The number of carbonyl (C=O) groups excluding carboxylic acids is 1. The Kier molecular flexibility index (Phi) is 3.14. The van der Waals surface area contributed by atoms with Gasteiger partial charge in [0, 0.05) is 26.0 Å². The molecule has 2 saturated heterocycles. The maximum absolute atomic E-state index is 12.4. The maximum atomic E-state index is 12.4. The van der Waals surface area contributed by atoms with E-state index in [4.69, 9.17) is 9.15 Å². The first kappa shape index (κ1) is 13.1. The molecule has 0 unspecified atom stereocenters. The molecule has 1 aromatic rings. The fraction of sp³-hybridized carbons (Fsp3) is 0.643. The number of aryl methyl sites for hydroxylation is 2. The minimum absolute atomic E-state index is 0.0986. The van der Waals surface area contributed by atoms with Crippen molar-refractivity contribution in [3.63, 3.8) is 0 Å². The molecule has 104 valence electrons. The van der Waals surface area contributed by atoms with Gasteiger partial charge in [-0.05, 0) is 26.3 Å². The summed E-state index contributed by atoms with van der Waals surface area (Å²) in [6.45, 7) is 5.39. The van der Waals surface area contributed by atoms with Crippen LogP contribution in [0.4, 0.5) is 0 Å². The highest BCUT2D eigenvalue weighted by Crippen LogP contribution is 2.46. The second kappa shape index (κ2) is 4.56. The van der Waals surface area contributed by atoms with Crippen LogP contribution in [0, 0.1) is 13.8 Å². The Morgan fingerprint density at radius 2 is 2.26 bits per heavy atom. The van der Waals surface area contributed by atoms with Crippen molar-refractivity contribution in [1.82, 2.24) is 4.90 Å². The Hall–Kier alpha value is -0.940. The Morgan fingerprint density at radius 1 is 1.53 bits per heavy atom. The number of hydrogen-bond donors (Lipinski definition) is 0. The van der Waals surface area contributed by atoms with Gasteiger partial charge in [-0.3, -0.25) is 4.79 Å². The summed E-state index contributed by atoms with van der Waals surface area (Å²) in [4.78, 5) is 14.3. The summed E-state index contributed by atoms with van der Waals surface area (Å²) in [5.41, 5.74) is 0.707. The van der Waals surface area contributed by atoms with Crippen LogP contribution in [0.15, 0.2) is 10.5 Å². The van der Waals surface area contributed by atoms with E-state index in [0.717, 1.165) is 36.8 Å². The molecule has 5 heteroatoms. The molecule has 2 aliphatic heterocycles. The molecule has 0 bridgehead atoms. The van der Waals surface area contributed by atoms with Crippen LogP contribution < -0.4 is 0 Å². The Bertz CT molecular complexity index is 505. The molecule has 0 saturated carbocycles. The summed E-state index contributed by atoms with van der Waals surface area (Å²) in [5, 5.41) is 0. The van der Waals surface area contributed by atoms with Gasteiger partial charge in [0.1, 0.15) is 11.5 Å². The molecule has 3 rings (SSSR count). The second-order valence-corrected chi connectivity index (χ2v) is 7.03. The average Bonchev–Trinajstić information content (AvgIpc) is 2.90. The molecule has 1 aromatic heterocycles. The quantitative estimate of drug-likeness (QED) is 0.834. The van der Waals surface area contributed by atoms with Crippen molar-refractivity contribution < 1.29 is 13.9 Å². The number of rotatable bonds is 2. The maximum Gasteiger partial charge on any atom is 0.257 e. The van der Waals surface area contributed by atoms with Crippen LogP contribution in [-0.2, 0) is 4.74 Å². The van der Waals surface area contributed by atoms with Gasteiger partial charge in [0.2, 0.25) is 0 Å². The number of furan rings is 1. The summed E-state index contributed by atoms with van der Waals surface area (Å²) in [6, 6.07) is 1.84. The molecule has 0 radical (unpaired) electrons. The molecular formula is C14H19NO3S. The SMILES string of the molecule is CO[C@@H]1CSC2(C1)CN(C(=O)c1cc(C)oc1C)C2. The van der Waals surface area contributed by atoms with E-state index in [2.05, 4.69) is 0 Å². The highest BCUT2D eigenvalue weighted by atomic mass is 32.2. The summed E-state index contributed by atoms with van der Waals surface area (Å²) in [6.07, 6.45) is 1.40. The van der Waals surface area contributed by atoms with E-state index in [1.165, 1.54) is 0 Å². The number of hydrogen-bond acceptors (Lipinski definition) is 4. The van der Waals surface area contributed by atoms with Gasteiger partial charge in [-0.25, -0.2) is 0 Å². The van der Waals surface area contributed by atoms with Crippen LogP contribution in [0.3, 0.4) is 0 Å². The summed E-state index contributed by atoms with van der Waals surface area (Å²) in [7, 11) is 1.77. The van der Waals surface area contributed by atoms with Crippen molar-refractivity contribution >= 4 is 17.7 Å². The molecule has 2 fully saturated rings. The van der Waals surface area contributed by atoms with Gasteiger partial charge in [0.25, 0.3) is 5.91 Å². The third kappa shape index (κ3) is 2.19. The third-order valence-electron chi connectivity index (χ3n) is 4.03.